The maximum Gasteiger partial charge on any atom is 0.299 e. The van der Waals surface area contributed by atoms with E-state index in [9.17, 15) is 9.59 Å². The summed E-state index contributed by atoms with van der Waals surface area (Å²) in [5.41, 5.74) is 0.970. The number of hydrogen-bond donors (Lipinski definition) is 1. The van der Waals surface area contributed by atoms with Crippen molar-refractivity contribution in [2.45, 2.75) is 26.3 Å². The van der Waals surface area contributed by atoms with Gasteiger partial charge in [-0.25, -0.2) is 0 Å². The number of nitrogens with one attached hydrogen (secondary N) is 1. The van der Waals surface area contributed by atoms with Crippen LogP contribution < -0.4 is 10.2 Å². The maximum absolute atomic E-state index is 11.9. The summed E-state index contributed by atoms with van der Waals surface area (Å²) in [6.07, 6.45) is 0.780. The Morgan fingerprint density at radius 2 is 2.05 bits per heavy atom. The zero-order valence-electron chi connectivity index (χ0n) is 11.1. The number of benzene rings is 1. The van der Waals surface area contributed by atoms with Gasteiger partial charge >= 0.3 is 0 Å². The number of halogens is 1. The van der Waals surface area contributed by atoms with Gasteiger partial charge in [-0.1, -0.05) is 31.5 Å². The molecule has 0 radical (unpaired) electrons. The molecule has 0 aliphatic carbocycles. The Labute approximate surface area is 117 Å². The molecule has 0 atom stereocenters. The largest absolute Gasteiger partial charge is 0.314 e. The Bertz CT molecular complexity index is 514. The van der Waals surface area contributed by atoms with Crippen molar-refractivity contribution in [1.29, 1.82) is 0 Å². The fourth-order valence-corrected chi connectivity index (χ4v) is 2.43. The van der Waals surface area contributed by atoms with Crippen molar-refractivity contribution in [3.63, 3.8) is 0 Å². The van der Waals surface area contributed by atoms with Gasteiger partial charge < -0.3 is 10.2 Å². The molecular weight excluding hydrogens is 264 g/mol. The van der Waals surface area contributed by atoms with E-state index in [-0.39, 0.29) is 0 Å². The van der Waals surface area contributed by atoms with Crippen LogP contribution in [-0.2, 0) is 4.79 Å². The molecule has 1 heterocycles. The SMILES string of the molecule is CC(C)NCCCN1C(=O)C(=O)c2cccc(Cl)c21. The number of rotatable bonds is 5. The van der Waals surface area contributed by atoms with Gasteiger partial charge in [0.25, 0.3) is 11.7 Å². The number of amides is 1. The second-order valence-electron chi connectivity index (χ2n) is 4.88. The van der Waals surface area contributed by atoms with E-state index in [2.05, 4.69) is 19.2 Å². The van der Waals surface area contributed by atoms with Crippen LogP contribution in [0.2, 0.25) is 5.02 Å². The summed E-state index contributed by atoms with van der Waals surface area (Å²) >= 11 is 6.10. The Hall–Kier alpha value is -1.39. The fraction of sp³-hybridized carbons (Fsp3) is 0.429. The van der Waals surface area contributed by atoms with E-state index < -0.39 is 11.7 Å². The van der Waals surface area contributed by atoms with Crippen LogP contribution in [0, 0.1) is 0 Å². The number of anilines is 1. The van der Waals surface area contributed by atoms with Crippen molar-refractivity contribution in [1.82, 2.24) is 5.32 Å². The van der Waals surface area contributed by atoms with Gasteiger partial charge in [0.2, 0.25) is 0 Å². The Morgan fingerprint density at radius 3 is 2.74 bits per heavy atom. The average molecular weight is 281 g/mol. The Kier molecular flexibility index (Phi) is 4.22. The number of carbonyl (C=O) groups excluding carboxylic acids is 2. The normalized spacial score (nSPS) is 14.4. The van der Waals surface area contributed by atoms with Gasteiger partial charge in [-0.3, -0.25) is 9.59 Å². The third-order valence-corrected chi connectivity index (χ3v) is 3.36. The lowest BCUT2D eigenvalue weighted by atomic mass is 10.1. The van der Waals surface area contributed by atoms with E-state index in [1.165, 1.54) is 4.90 Å². The number of fused-ring (bicyclic) bond motifs is 1. The second-order valence-corrected chi connectivity index (χ2v) is 5.29. The van der Waals surface area contributed by atoms with Crippen molar-refractivity contribution in [2.75, 3.05) is 18.0 Å². The van der Waals surface area contributed by atoms with E-state index in [0.29, 0.717) is 28.9 Å². The number of para-hydroxylation sites is 1. The molecule has 2 rings (SSSR count). The Morgan fingerprint density at radius 1 is 1.32 bits per heavy atom. The number of carbonyl (C=O) groups is 2. The predicted molar refractivity (Wildman–Crippen MR) is 75.9 cm³/mol. The molecule has 4 nitrogen and oxygen atoms in total. The van der Waals surface area contributed by atoms with Gasteiger partial charge in [0.15, 0.2) is 0 Å². The summed E-state index contributed by atoms with van der Waals surface area (Å²) in [6.45, 7) is 5.43. The number of hydrogen-bond acceptors (Lipinski definition) is 3. The molecule has 19 heavy (non-hydrogen) atoms. The highest BCUT2D eigenvalue weighted by molar-refractivity contribution is 6.54. The van der Waals surface area contributed by atoms with Gasteiger partial charge in [-0.2, -0.15) is 0 Å². The van der Waals surface area contributed by atoms with E-state index in [1.807, 2.05) is 0 Å². The van der Waals surface area contributed by atoms with Crippen LogP contribution >= 0.6 is 11.6 Å². The summed E-state index contributed by atoms with van der Waals surface area (Å²) in [7, 11) is 0. The van der Waals surface area contributed by atoms with Gasteiger partial charge in [0.05, 0.1) is 16.3 Å². The zero-order valence-corrected chi connectivity index (χ0v) is 11.8. The predicted octanol–water partition coefficient (Wildman–Crippen LogP) is 2.26. The highest BCUT2D eigenvalue weighted by Gasteiger charge is 2.36. The summed E-state index contributed by atoms with van der Waals surface area (Å²) in [5, 5.41) is 3.73. The number of Topliss-reactive ketones (excluding diaryl/α,β-unsaturated/α-hetero) is 1. The number of nitrogens with zero attached hydrogens (tertiary/aromatic N) is 1. The van der Waals surface area contributed by atoms with Crippen molar-refractivity contribution >= 4 is 29.0 Å². The highest BCUT2D eigenvalue weighted by atomic mass is 35.5. The molecule has 1 aromatic carbocycles. The smallest absolute Gasteiger partial charge is 0.299 e. The topological polar surface area (TPSA) is 49.4 Å². The van der Waals surface area contributed by atoms with Crippen LogP contribution in [0.15, 0.2) is 18.2 Å². The molecule has 0 saturated heterocycles. The molecule has 0 bridgehead atoms. The van der Waals surface area contributed by atoms with E-state index in [1.54, 1.807) is 18.2 Å². The minimum atomic E-state index is -0.479. The molecule has 1 aliphatic rings. The molecule has 0 spiro atoms. The molecule has 5 heteroatoms. The van der Waals surface area contributed by atoms with Crippen LogP contribution in [0.25, 0.3) is 0 Å². The highest BCUT2D eigenvalue weighted by Crippen LogP contribution is 2.35. The average Bonchev–Trinajstić information content (AvgIpc) is 2.60. The zero-order chi connectivity index (χ0) is 14.0. The van der Waals surface area contributed by atoms with E-state index >= 15 is 0 Å². The monoisotopic (exact) mass is 280 g/mol. The first kappa shape index (κ1) is 14.0. The molecule has 1 amide bonds. The number of ketones is 1. The molecule has 1 aromatic rings. The first-order chi connectivity index (χ1) is 9.02. The summed E-state index contributed by atoms with van der Waals surface area (Å²) in [5.74, 6) is -0.943. The Balaban J connectivity index is 2.10. The van der Waals surface area contributed by atoms with Gasteiger partial charge in [-0.15, -0.1) is 0 Å². The molecule has 1 aliphatic heterocycles. The van der Waals surface area contributed by atoms with Crippen LogP contribution in [0.3, 0.4) is 0 Å². The van der Waals surface area contributed by atoms with E-state index in [4.69, 9.17) is 11.6 Å². The lowest BCUT2D eigenvalue weighted by Crippen LogP contribution is -2.33. The first-order valence-corrected chi connectivity index (χ1v) is 6.78. The second kappa shape index (κ2) is 5.72. The first-order valence-electron chi connectivity index (χ1n) is 6.40. The summed E-state index contributed by atoms with van der Waals surface area (Å²) < 4.78 is 0. The molecule has 0 fully saturated rings. The minimum Gasteiger partial charge on any atom is -0.314 e. The summed E-state index contributed by atoms with van der Waals surface area (Å²) in [6, 6.07) is 5.45. The molecule has 102 valence electrons. The van der Waals surface area contributed by atoms with Crippen LogP contribution in [-0.4, -0.2) is 30.8 Å². The van der Waals surface area contributed by atoms with Crippen LogP contribution in [0.4, 0.5) is 5.69 Å². The van der Waals surface area contributed by atoms with Gasteiger partial charge in [0, 0.05) is 12.6 Å². The standard InChI is InChI=1S/C14H17ClN2O2/c1-9(2)16-7-4-8-17-12-10(13(18)14(17)19)5-3-6-11(12)15/h3,5-6,9,16H,4,7-8H2,1-2H3. The van der Waals surface area contributed by atoms with E-state index in [0.717, 1.165) is 13.0 Å². The lowest BCUT2D eigenvalue weighted by molar-refractivity contribution is -0.114. The van der Waals surface area contributed by atoms with Crippen LogP contribution in [0.1, 0.15) is 30.6 Å². The van der Waals surface area contributed by atoms with Crippen molar-refractivity contribution in [2.24, 2.45) is 0 Å². The minimum absolute atomic E-state index is 0.409. The lowest BCUT2D eigenvalue weighted by Gasteiger charge is -2.18. The fourth-order valence-electron chi connectivity index (χ4n) is 2.15. The van der Waals surface area contributed by atoms with Gasteiger partial charge in [-0.05, 0) is 25.1 Å². The van der Waals surface area contributed by atoms with Crippen molar-refractivity contribution < 1.29 is 9.59 Å². The molecule has 0 unspecified atom stereocenters. The van der Waals surface area contributed by atoms with Crippen molar-refractivity contribution in [3.8, 4) is 0 Å². The van der Waals surface area contributed by atoms with Crippen LogP contribution in [0.5, 0.6) is 0 Å². The maximum atomic E-state index is 11.9. The third kappa shape index (κ3) is 2.80. The van der Waals surface area contributed by atoms with Gasteiger partial charge in [0.1, 0.15) is 0 Å². The molecule has 0 aromatic heterocycles. The summed E-state index contributed by atoms with van der Waals surface area (Å²) in [4.78, 5) is 25.3. The van der Waals surface area contributed by atoms with Crippen molar-refractivity contribution in [3.05, 3.63) is 28.8 Å². The quantitative estimate of drug-likeness (QED) is 0.665. The molecule has 1 N–H and O–H groups in total. The molecular formula is C14H17ClN2O2. The third-order valence-electron chi connectivity index (χ3n) is 3.05. The molecule has 0 saturated carbocycles.